The Morgan fingerprint density at radius 1 is 0.895 bits per heavy atom. The van der Waals surface area contributed by atoms with E-state index in [9.17, 15) is 0 Å². The SMILES string of the molecule is Cc1ccc(OCCc2ccc(CO)cc2)cc1C. The van der Waals surface area contributed by atoms with Crippen LogP contribution in [0.5, 0.6) is 5.75 Å². The van der Waals surface area contributed by atoms with Crippen molar-refractivity contribution in [1.29, 1.82) is 0 Å². The molecule has 2 heteroatoms. The maximum atomic E-state index is 8.98. The van der Waals surface area contributed by atoms with Crippen LogP contribution < -0.4 is 4.74 Å². The Balaban J connectivity index is 1.86. The zero-order valence-electron chi connectivity index (χ0n) is 11.5. The van der Waals surface area contributed by atoms with Gasteiger partial charge in [-0.15, -0.1) is 0 Å². The summed E-state index contributed by atoms with van der Waals surface area (Å²) in [6.07, 6.45) is 0.874. The van der Waals surface area contributed by atoms with Crippen molar-refractivity contribution >= 4 is 0 Å². The average molecular weight is 256 g/mol. The Labute approximate surface area is 114 Å². The minimum Gasteiger partial charge on any atom is -0.493 e. The molecule has 0 atom stereocenters. The highest BCUT2D eigenvalue weighted by molar-refractivity contribution is 5.33. The predicted octanol–water partition coefficient (Wildman–Crippen LogP) is 3.42. The molecule has 100 valence electrons. The van der Waals surface area contributed by atoms with Crippen molar-refractivity contribution in [1.82, 2.24) is 0 Å². The topological polar surface area (TPSA) is 29.5 Å². The van der Waals surface area contributed by atoms with Crippen molar-refractivity contribution in [3.8, 4) is 5.75 Å². The second-order valence-corrected chi connectivity index (χ2v) is 4.82. The summed E-state index contributed by atoms with van der Waals surface area (Å²) >= 11 is 0. The molecule has 0 aromatic heterocycles. The van der Waals surface area contributed by atoms with Crippen molar-refractivity contribution in [2.24, 2.45) is 0 Å². The molecule has 0 fully saturated rings. The molecule has 0 aliphatic heterocycles. The maximum absolute atomic E-state index is 8.98. The van der Waals surface area contributed by atoms with E-state index in [1.165, 1.54) is 16.7 Å². The fraction of sp³-hybridized carbons (Fsp3) is 0.294. The van der Waals surface area contributed by atoms with Gasteiger partial charge in [-0.05, 0) is 48.2 Å². The minimum absolute atomic E-state index is 0.0967. The molecular weight excluding hydrogens is 236 g/mol. The van der Waals surface area contributed by atoms with E-state index in [0.29, 0.717) is 6.61 Å². The van der Waals surface area contributed by atoms with Gasteiger partial charge in [0.15, 0.2) is 0 Å². The number of rotatable bonds is 5. The number of benzene rings is 2. The molecule has 1 N–H and O–H groups in total. The number of aliphatic hydroxyl groups excluding tert-OH is 1. The highest BCUT2D eigenvalue weighted by atomic mass is 16.5. The molecule has 2 aromatic carbocycles. The van der Waals surface area contributed by atoms with Gasteiger partial charge in [-0.3, -0.25) is 0 Å². The number of aryl methyl sites for hydroxylation is 2. The predicted molar refractivity (Wildman–Crippen MR) is 77.5 cm³/mol. The molecule has 2 nitrogen and oxygen atoms in total. The molecule has 0 bridgehead atoms. The van der Waals surface area contributed by atoms with Crippen LogP contribution in [0.2, 0.25) is 0 Å². The third-order valence-electron chi connectivity index (χ3n) is 3.34. The van der Waals surface area contributed by atoms with Gasteiger partial charge in [-0.25, -0.2) is 0 Å². The van der Waals surface area contributed by atoms with Crippen molar-refractivity contribution in [2.45, 2.75) is 26.9 Å². The van der Waals surface area contributed by atoms with E-state index in [1.807, 2.05) is 30.3 Å². The Hall–Kier alpha value is -1.80. The van der Waals surface area contributed by atoms with Crippen LogP contribution in [0, 0.1) is 13.8 Å². The van der Waals surface area contributed by atoms with Crippen LogP contribution in [0.4, 0.5) is 0 Å². The highest BCUT2D eigenvalue weighted by Gasteiger charge is 1.98. The second-order valence-electron chi connectivity index (χ2n) is 4.82. The van der Waals surface area contributed by atoms with Gasteiger partial charge < -0.3 is 9.84 Å². The van der Waals surface area contributed by atoms with E-state index in [0.717, 1.165) is 17.7 Å². The fourth-order valence-corrected chi connectivity index (χ4v) is 1.90. The second kappa shape index (κ2) is 6.39. The number of ether oxygens (including phenoxy) is 1. The lowest BCUT2D eigenvalue weighted by Gasteiger charge is -2.08. The summed E-state index contributed by atoms with van der Waals surface area (Å²) in [5.74, 6) is 0.926. The van der Waals surface area contributed by atoms with Crippen LogP contribution in [-0.2, 0) is 13.0 Å². The van der Waals surface area contributed by atoms with Crippen LogP contribution in [0.25, 0.3) is 0 Å². The molecule has 0 unspecified atom stereocenters. The Kier molecular flexibility index (Phi) is 4.58. The molecule has 0 aliphatic rings. The lowest BCUT2D eigenvalue weighted by Crippen LogP contribution is -2.01. The van der Waals surface area contributed by atoms with Gasteiger partial charge in [-0.2, -0.15) is 0 Å². The average Bonchev–Trinajstić information content (AvgIpc) is 2.43. The molecular formula is C17H20O2. The van der Waals surface area contributed by atoms with Gasteiger partial charge in [0.2, 0.25) is 0 Å². The zero-order chi connectivity index (χ0) is 13.7. The maximum Gasteiger partial charge on any atom is 0.119 e. The first-order valence-electron chi connectivity index (χ1n) is 6.58. The van der Waals surface area contributed by atoms with E-state index < -0.39 is 0 Å². The third-order valence-corrected chi connectivity index (χ3v) is 3.34. The Bertz CT molecular complexity index is 529. The van der Waals surface area contributed by atoms with Gasteiger partial charge in [0, 0.05) is 6.42 Å². The van der Waals surface area contributed by atoms with Crippen molar-refractivity contribution in [3.05, 3.63) is 64.7 Å². The van der Waals surface area contributed by atoms with Gasteiger partial charge in [0.1, 0.15) is 5.75 Å². The van der Waals surface area contributed by atoms with Gasteiger partial charge >= 0.3 is 0 Å². The summed E-state index contributed by atoms with van der Waals surface area (Å²) < 4.78 is 5.75. The first-order chi connectivity index (χ1) is 9.19. The molecule has 0 heterocycles. The lowest BCUT2D eigenvalue weighted by molar-refractivity contribution is 0.282. The largest absolute Gasteiger partial charge is 0.493 e. The quantitative estimate of drug-likeness (QED) is 0.888. The lowest BCUT2D eigenvalue weighted by atomic mass is 10.1. The number of hydrogen-bond donors (Lipinski definition) is 1. The van der Waals surface area contributed by atoms with Crippen molar-refractivity contribution < 1.29 is 9.84 Å². The smallest absolute Gasteiger partial charge is 0.119 e. The summed E-state index contributed by atoms with van der Waals surface area (Å²) in [7, 11) is 0. The first kappa shape index (κ1) is 13.6. The van der Waals surface area contributed by atoms with Gasteiger partial charge in [0.05, 0.1) is 13.2 Å². The Morgan fingerprint density at radius 2 is 1.58 bits per heavy atom. The van der Waals surface area contributed by atoms with E-state index in [-0.39, 0.29) is 6.61 Å². The molecule has 2 aromatic rings. The first-order valence-corrected chi connectivity index (χ1v) is 6.58. The molecule has 0 spiro atoms. The molecule has 0 amide bonds. The van der Waals surface area contributed by atoms with E-state index in [2.05, 4.69) is 26.0 Å². The molecule has 0 saturated carbocycles. The highest BCUT2D eigenvalue weighted by Crippen LogP contribution is 2.16. The molecule has 0 aliphatic carbocycles. The normalized spacial score (nSPS) is 10.5. The number of aliphatic hydroxyl groups is 1. The van der Waals surface area contributed by atoms with Crippen LogP contribution in [0.15, 0.2) is 42.5 Å². The van der Waals surface area contributed by atoms with E-state index >= 15 is 0 Å². The van der Waals surface area contributed by atoms with Crippen LogP contribution in [-0.4, -0.2) is 11.7 Å². The van der Waals surface area contributed by atoms with Gasteiger partial charge in [0.25, 0.3) is 0 Å². The van der Waals surface area contributed by atoms with E-state index in [4.69, 9.17) is 9.84 Å². The summed E-state index contributed by atoms with van der Waals surface area (Å²) in [4.78, 5) is 0. The van der Waals surface area contributed by atoms with Crippen molar-refractivity contribution in [2.75, 3.05) is 6.61 Å². The van der Waals surface area contributed by atoms with Crippen LogP contribution in [0.3, 0.4) is 0 Å². The van der Waals surface area contributed by atoms with Gasteiger partial charge in [-0.1, -0.05) is 30.3 Å². The minimum atomic E-state index is 0.0967. The summed E-state index contributed by atoms with van der Waals surface area (Å²) in [5, 5.41) is 8.98. The van der Waals surface area contributed by atoms with Crippen molar-refractivity contribution in [3.63, 3.8) is 0 Å². The molecule has 0 radical (unpaired) electrons. The fourth-order valence-electron chi connectivity index (χ4n) is 1.90. The molecule has 0 saturated heterocycles. The Morgan fingerprint density at radius 3 is 2.21 bits per heavy atom. The molecule has 19 heavy (non-hydrogen) atoms. The van der Waals surface area contributed by atoms with E-state index in [1.54, 1.807) is 0 Å². The number of hydrogen-bond acceptors (Lipinski definition) is 2. The third kappa shape index (κ3) is 3.83. The van der Waals surface area contributed by atoms with Crippen LogP contribution in [0.1, 0.15) is 22.3 Å². The summed E-state index contributed by atoms with van der Waals surface area (Å²) in [6, 6.07) is 14.1. The molecule has 2 rings (SSSR count). The summed E-state index contributed by atoms with van der Waals surface area (Å²) in [6.45, 7) is 4.96. The standard InChI is InChI=1S/C17H20O2/c1-13-3-8-17(11-14(13)2)19-10-9-15-4-6-16(12-18)7-5-15/h3-8,11,18H,9-10,12H2,1-2H3. The summed E-state index contributed by atoms with van der Waals surface area (Å²) in [5.41, 5.74) is 4.71. The van der Waals surface area contributed by atoms with Crippen LogP contribution >= 0.6 is 0 Å². The monoisotopic (exact) mass is 256 g/mol. The zero-order valence-corrected chi connectivity index (χ0v) is 11.5.